The first kappa shape index (κ1) is 16.4. The molecule has 1 amide bonds. The third-order valence-electron chi connectivity index (χ3n) is 2.43. The Bertz CT molecular complexity index is 484. The van der Waals surface area contributed by atoms with Crippen LogP contribution in [0.2, 0.25) is 5.02 Å². The van der Waals surface area contributed by atoms with Crippen LogP contribution in [0, 0.1) is 0 Å². The Morgan fingerprint density at radius 1 is 1.20 bits per heavy atom. The van der Waals surface area contributed by atoms with Gasteiger partial charge in [0.05, 0.1) is 31.5 Å². The van der Waals surface area contributed by atoms with Gasteiger partial charge in [-0.25, -0.2) is 0 Å². The van der Waals surface area contributed by atoms with Crippen molar-refractivity contribution in [3.63, 3.8) is 0 Å². The monoisotopic (exact) mass is 300 g/mol. The smallest absolute Gasteiger partial charge is 0.239 e. The highest BCUT2D eigenvalue weighted by Crippen LogP contribution is 2.35. The summed E-state index contributed by atoms with van der Waals surface area (Å²) in [5, 5.41) is 6.32. The molecule has 0 aliphatic heterocycles. The molecular weight excluding hydrogens is 280 g/mol. The number of ether oxygens (including phenoxy) is 2. The van der Waals surface area contributed by atoms with E-state index in [2.05, 4.69) is 10.6 Å². The molecule has 0 saturated heterocycles. The highest BCUT2D eigenvalue weighted by Gasteiger charge is 2.15. The maximum Gasteiger partial charge on any atom is 0.239 e. The summed E-state index contributed by atoms with van der Waals surface area (Å²) < 4.78 is 10.4. The standard InChI is InChI=1S/C14H21ClN2O3/c1-14(2,3)17-13(18)8-16-10-6-9(15)11(19-4)7-12(10)20-5/h6-7,16H,8H2,1-5H3,(H,17,18). The summed E-state index contributed by atoms with van der Waals surface area (Å²) >= 11 is 6.06. The molecule has 1 aromatic carbocycles. The fraction of sp³-hybridized carbons (Fsp3) is 0.500. The van der Waals surface area contributed by atoms with E-state index in [0.29, 0.717) is 22.2 Å². The first-order valence-corrected chi connectivity index (χ1v) is 6.61. The van der Waals surface area contributed by atoms with Crippen molar-refractivity contribution in [3.8, 4) is 11.5 Å². The van der Waals surface area contributed by atoms with Crippen molar-refractivity contribution >= 4 is 23.2 Å². The van der Waals surface area contributed by atoms with E-state index in [-0.39, 0.29) is 18.0 Å². The molecule has 0 unspecified atom stereocenters. The molecule has 0 atom stereocenters. The van der Waals surface area contributed by atoms with Crippen LogP contribution < -0.4 is 20.1 Å². The third kappa shape index (κ3) is 4.81. The summed E-state index contributed by atoms with van der Waals surface area (Å²) in [4.78, 5) is 11.8. The fourth-order valence-corrected chi connectivity index (χ4v) is 1.88. The highest BCUT2D eigenvalue weighted by atomic mass is 35.5. The lowest BCUT2D eigenvalue weighted by Gasteiger charge is -2.21. The maximum atomic E-state index is 11.8. The predicted octanol–water partition coefficient (Wildman–Crippen LogP) is 2.68. The topological polar surface area (TPSA) is 59.6 Å². The molecule has 112 valence electrons. The van der Waals surface area contributed by atoms with E-state index in [1.165, 1.54) is 7.11 Å². The zero-order valence-corrected chi connectivity index (χ0v) is 13.2. The lowest BCUT2D eigenvalue weighted by atomic mass is 10.1. The molecule has 0 saturated carbocycles. The van der Waals surface area contributed by atoms with Gasteiger partial charge in [0.1, 0.15) is 11.5 Å². The minimum absolute atomic E-state index is 0.105. The molecule has 5 nitrogen and oxygen atoms in total. The Morgan fingerprint density at radius 2 is 1.80 bits per heavy atom. The van der Waals surface area contributed by atoms with E-state index in [0.717, 1.165) is 0 Å². The van der Waals surface area contributed by atoms with Crippen LogP contribution in [0.4, 0.5) is 5.69 Å². The molecule has 20 heavy (non-hydrogen) atoms. The van der Waals surface area contributed by atoms with Crippen LogP contribution in [0.1, 0.15) is 20.8 Å². The van der Waals surface area contributed by atoms with E-state index < -0.39 is 0 Å². The molecule has 0 aromatic heterocycles. The zero-order valence-electron chi connectivity index (χ0n) is 12.5. The van der Waals surface area contributed by atoms with Gasteiger partial charge < -0.3 is 20.1 Å². The molecule has 0 bridgehead atoms. The average molecular weight is 301 g/mol. The van der Waals surface area contributed by atoms with Crippen LogP contribution in [0.5, 0.6) is 11.5 Å². The molecule has 0 heterocycles. The van der Waals surface area contributed by atoms with E-state index in [1.54, 1.807) is 19.2 Å². The lowest BCUT2D eigenvalue weighted by Crippen LogP contribution is -2.43. The Morgan fingerprint density at radius 3 is 2.30 bits per heavy atom. The van der Waals surface area contributed by atoms with Crippen LogP contribution in [0.3, 0.4) is 0 Å². The molecule has 0 fully saturated rings. The number of rotatable bonds is 5. The van der Waals surface area contributed by atoms with Gasteiger partial charge in [-0.05, 0) is 26.8 Å². The fourth-order valence-electron chi connectivity index (χ4n) is 1.64. The van der Waals surface area contributed by atoms with E-state index in [9.17, 15) is 4.79 Å². The largest absolute Gasteiger partial charge is 0.495 e. The molecular formula is C14H21ClN2O3. The molecule has 0 aliphatic rings. The van der Waals surface area contributed by atoms with Gasteiger partial charge in [-0.1, -0.05) is 11.6 Å². The van der Waals surface area contributed by atoms with Gasteiger partial charge in [-0.3, -0.25) is 4.79 Å². The summed E-state index contributed by atoms with van der Waals surface area (Å²) in [6, 6.07) is 3.34. The number of halogens is 1. The summed E-state index contributed by atoms with van der Waals surface area (Å²) in [5.74, 6) is 0.981. The van der Waals surface area contributed by atoms with E-state index in [1.807, 2.05) is 20.8 Å². The van der Waals surface area contributed by atoms with Crippen LogP contribution >= 0.6 is 11.6 Å². The van der Waals surface area contributed by atoms with Crippen LogP contribution in [-0.2, 0) is 4.79 Å². The molecule has 0 aliphatic carbocycles. The lowest BCUT2D eigenvalue weighted by molar-refractivity contribution is -0.120. The SMILES string of the molecule is COc1cc(OC)c(NCC(=O)NC(C)(C)C)cc1Cl. The number of anilines is 1. The number of carbonyl (C=O) groups is 1. The minimum atomic E-state index is -0.263. The van der Waals surface area contributed by atoms with Crippen molar-refractivity contribution in [2.45, 2.75) is 26.3 Å². The quantitative estimate of drug-likeness (QED) is 0.878. The molecule has 1 aromatic rings. The van der Waals surface area contributed by atoms with Crippen molar-refractivity contribution in [2.24, 2.45) is 0 Å². The predicted molar refractivity (Wildman–Crippen MR) is 80.9 cm³/mol. The van der Waals surface area contributed by atoms with Crippen molar-refractivity contribution < 1.29 is 14.3 Å². The summed E-state index contributed by atoms with van der Waals surface area (Å²) in [5.41, 5.74) is 0.378. The second-order valence-electron chi connectivity index (χ2n) is 5.34. The van der Waals surface area contributed by atoms with Crippen molar-refractivity contribution in [1.82, 2.24) is 5.32 Å². The van der Waals surface area contributed by atoms with Gasteiger partial charge in [-0.2, -0.15) is 0 Å². The summed E-state index contributed by atoms with van der Waals surface area (Å²) in [7, 11) is 3.08. The van der Waals surface area contributed by atoms with Crippen LogP contribution in [0.25, 0.3) is 0 Å². The van der Waals surface area contributed by atoms with E-state index in [4.69, 9.17) is 21.1 Å². The van der Waals surface area contributed by atoms with Crippen molar-refractivity contribution in [3.05, 3.63) is 17.2 Å². The Kier molecular flexibility index (Phi) is 5.51. The van der Waals surface area contributed by atoms with E-state index >= 15 is 0 Å². The molecule has 0 spiro atoms. The maximum absolute atomic E-state index is 11.8. The summed E-state index contributed by atoms with van der Waals surface area (Å²) in [6.45, 7) is 5.91. The van der Waals surface area contributed by atoms with Gasteiger partial charge in [0.15, 0.2) is 0 Å². The van der Waals surface area contributed by atoms with Gasteiger partial charge in [0, 0.05) is 11.6 Å². The number of nitrogens with one attached hydrogen (secondary N) is 2. The summed E-state index contributed by atoms with van der Waals surface area (Å²) in [6.07, 6.45) is 0. The van der Waals surface area contributed by atoms with Crippen molar-refractivity contribution in [1.29, 1.82) is 0 Å². The number of amides is 1. The molecule has 2 N–H and O–H groups in total. The third-order valence-corrected chi connectivity index (χ3v) is 2.72. The minimum Gasteiger partial charge on any atom is -0.495 e. The number of carbonyl (C=O) groups excluding carboxylic acids is 1. The van der Waals surface area contributed by atoms with Gasteiger partial charge in [0.25, 0.3) is 0 Å². The first-order valence-electron chi connectivity index (χ1n) is 6.23. The number of hydrogen-bond donors (Lipinski definition) is 2. The van der Waals surface area contributed by atoms with Gasteiger partial charge in [-0.15, -0.1) is 0 Å². The van der Waals surface area contributed by atoms with Crippen molar-refractivity contribution in [2.75, 3.05) is 26.1 Å². The zero-order chi connectivity index (χ0) is 15.3. The average Bonchev–Trinajstić information content (AvgIpc) is 2.34. The Labute approximate surface area is 124 Å². The first-order chi connectivity index (χ1) is 9.26. The van der Waals surface area contributed by atoms with Gasteiger partial charge >= 0.3 is 0 Å². The number of hydrogen-bond acceptors (Lipinski definition) is 4. The van der Waals surface area contributed by atoms with Gasteiger partial charge in [0.2, 0.25) is 5.91 Å². The normalized spacial score (nSPS) is 10.9. The number of methoxy groups -OCH3 is 2. The van der Waals surface area contributed by atoms with Crippen LogP contribution in [-0.4, -0.2) is 32.2 Å². The van der Waals surface area contributed by atoms with Crippen LogP contribution in [0.15, 0.2) is 12.1 Å². The molecule has 1 rings (SSSR count). The highest BCUT2D eigenvalue weighted by molar-refractivity contribution is 6.32. The number of benzene rings is 1. The Hall–Kier alpha value is -1.62. The second kappa shape index (κ2) is 6.70. The molecule has 6 heteroatoms. The second-order valence-corrected chi connectivity index (χ2v) is 5.75. The molecule has 0 radical (unpaired) electrons. The Balaban J connectivity index is 2.77.